The van der Waals surface area contributed by atoms with Gasteiger partial charge < -0.3 is 0 Å². The quantitative estimate of drug-likeness (QED) is 0.428. The van der Waals surface area contributed by atoms with Crippen LogP contribution in [0.15, 0.2) is 0 Å². The molecule has 0 bridgehead atoms. The van der Waals surface area contributed by atoms with Gasteiger partial charge in [-0.05, 0) is 0 Å². The van der Waals surface area contributed by atoms with Crippen molar-refractivity contribution in [3.8, 4) is 0 Å². The van der Waals surface area contributed by atoms with E-state index in [0.717, 1.165) is 0 Å². The zero-order valence-corrected chi connectivity index (χ0v) is 17.7. The van der Waals surface area contributed by atoms with Crippen LogP contribution in [0, 0.1) is 69.2 Å². The van der Waals surface area contributed by atoms with Crippen molar-refractivity contribution in [2.75, 3.05) is 0 Å². The maximum absolute atomic E-state index is 2.20. The fraction of sp³-hybridized carbons (Fsp3) is 0.500. The molecule has 0 aliphatic rings. The standard InChI is InChI=1S/2C10H15.Ir/c2*1-6-7(2)9(4)10(5)8(6)3;/h2*1-5H3;/q2*-1;+3. The van der Waals surface area contributed by atoms with Crippen molar-refractivity contribution in [1.29, 1.82) is 0 Å². The van der Waals surface area contributed by atoms with E-state index in [1.54, 1.807) is 0 Å². The van der Waals surface area contributed by atoms with Crippen molar-refractivity contribution in [1.82, 2.24) is 0 Å². The van der Waals surface area contributed by atoms with Gasteiger partial charge in [0.05, 0.1) is 0 Å². The average molecular weight is 463 g/mol. The van der Waals surface area contributed by atoms with Crippen LogP contribution in [0.2, 0.25) is 0 Å². The molecular formula is C20H30Ir+. The maximum Gasteiger partial charge on any atom is 3.00 e. The summed E-state index contributed by atoms with van der Waals surface area (Å²) in [6.45, 7) is 22.0. The second-order valence-corrected chi connectivity index (χ2v) is 6.25. The van der Waals surface area contributed by atoms with E-state index in [4.69, 9.17) is 0 Å². The van der Waals surface area contributed by atoms with Crippen molar-refractivity contribution in [3.05, 3.63) is 55.6 Å². The molecule has 0 atom stereocenters. The van der Waals surface area contributed by atoms with Crippen LogP contribution in [0.1, 0.15) is 55.6 Å². The second kappa shape index (κ2) is 7.56. The van der Waals surface area contributed by atoms with Gasteiger partial charge in [0.15, 0.2) is 0 Å². The molecule has 2 aromatic carbocycles. The van der Waals surface area contributed by atoms with Gasteiger partial charge in [-0.2, -0.15) is 55.6 Å². The van der Waals surface area contributed by atoms with E-state index in [0.29, 0.717) is 0 Å². The van der Waals surface area contributed by atoms with Crippen LogP contribution < -0.4 is 0 Å². The normalized spacial score (nSPS) is 10.0. The second-order valence-electron chi connectivity index (χ2n) is 6.25. The minimum atomic E-state index is 0. The Morgan fingerprint density at radius 1 is 0.429 bits per heavy atom. The first kappa shape index (κ1) is 20.3. The van der Waals surface area contributed by atoms with Crippen LogP contribution >= 0.6 is 0 Å². The molecule has 0 spiro atoms. The van der Waals surface area contributed by atoms with Gasteiger partial charge in [0.25, 0.3) is 0 Å². The molecule has 21 heavy (non-hydrogen) atoms. The molecule has 0 amide bonds. The Kier molecular flexibility index (Phi) is 7.33. The van der Waals surface area contributed by atoms with Gasteiger partial charge in [-0.15, -0.1) is 0 Å². The molecule has 2 rings (SSSR count). The van der Waals surface area contributed by atoms with Gasteiger partial charge in [-0.1, -0.05) is 69.2 Å². The fourth-order valence-electron chi connectivity index (χ4n) is 2.81. The molecular weight excluding hydrogens is 432 g/mol. The fourth-order valence-corrected chi connectivity index (χ4v) is 2.81. The van der Waals surface area contributed by atoms with Crippen molar-refractivity contribution in [3.63, 3.8) is 0 Å². The molecule has 0 aliphatic carbocycles. The Hall–Kier alpha value is -0.651. The summed E-state index contributed by atoms with van der Waals surface area (Å²) >= 11 is 0. The SMILES string of the molecule is Cc1c(C)c(C)[c-](C)c1C.Cc1c(C)c(C)[c-](C)c1C.[Ir+3]. The Bertz CT molecular complexity index is 404. The van der Waals surface area contributed by atoms with Gasteiger partial charge in [0, 0.05) is 0 Å². The predicted molar refractivity (Wildman–Crippen MR) is 91.4 cm³/mol. The summed E-state index contributed by atoms with van der Waals surface area (Å²) < 4.78 is 0. The topological polar surface area (TPSA) is 0 Å². The van der Waals surface area contributed by atoms with Gasteiger partial charge in [-0.25, -0.2) is 0 Å². The molecule has 0 aliphatic heterocycles. The van der Waals surface area contributed by atoms with Gasteiger partial charge in [0.2, 0.25) is 0 Å². The van der Waals surface area contributed by atoms with E-state index in [1.807, 2.05) is 0 Å². The smallest absolute Gasteiger partial charge is 0.196 e. The number of rotatable bonds is 0. The van der Waals surface area contributed by atoms with Crippen LogP contribution in [0.4, 0.5) is 0 Å². The zero-order chi connectivity index (χ0) is 15.8. The Balaban J connectivity index is 0.000000364. The zero-order valence-electron chi connectivity index (χ0n) is 15.3. The summed E-state index contributed by atoms with van der Waals surface area (Å²) in [5.41, 5.74) is 14.7. The molecule has 0 nitrogen and oxygen atoms in total. The summed E-state index contributed by atoms with van der Waals surface area (Å²) in [6, 6.07) is 0. The minimum absolute atomic E-state index is 0. The summed E-state index contributed by atoms with van der Waals surface area (Å²) in [6.07, 6.45) is 0. The molecule has 2 aromatic rings. The van der Waals surface area contributed by atoms with Crippen LogP contribution in [0.25, 0.3) is 0 Å². The molecule has 0 saturated carbocycles. The molecule has 0 unspecified atom stereocenters. The van der Waals surface area contributed by atoms with Crippen LogP contribution in [0.3, 0.4) is 0 Å². The summed E-state index contributed by atoms with van der Waals surface area (Å²) in [5.74, 6) is 0. The molecule has 0 aromatic heterocycles. The minimum Gasteiger partial charge on any atom is -0.196 e. The first-order chi connectivity index (χ1) is 9.11. The third kappa shape index (κ3) is 3.76. The third-order valence-corrected chi connectivity index (χ3v) is 5.62. The molecule has 0 saturated heterocycles. The summed E-state index contributed by atoms with van der Waals surface area (Å²) in [4.78, 5) is 0. The Morgan fingerprint density at radius 2 is 0.571 bits per heavy atom. The summed E-state index contributed by atoms with van der Waals surface area (Å²) in [5, 5.41) is 0. The molecule has 1 heteroatoms. The first-order valence-corrected chi connectivity index (χ1v) is 7.50. The van der Waals surface area contributed by atoms with Crippen LogP contribution in [-0.4, -0.2) is 0 Å². The molecule has 0 fully saturated rings. The largest absolute Gasteiger partial charge is 3.00 e. The monoisotopic (exact) mass is 463 g/mol. The molecule has 118 valence electrons. The van der Waals surface area contributed by atoms with E-state index in [2.05, 4.69) is 69.2 Å². The van der Waals surface area contributed by atoms with Crippen molar-refractivity contribution in [2.45, 2.75) is 69.2 Å². The van der Waals surface area contributed by atoms with Gasteiger partial charge >= 0.3 is 20.1 Å². The average Bonchev–Trinajstić information content (AvgIpc) is 2.71. The van der Waals surface area contributed by atoms with E-state index in [1.165, 1.54) is 55.6 Å². The van der Waals surface area contributed by atoms with E-state index in [9.17, 15) is 0 Å². The van der Waals surface area contributed by atoms with E-state index >= 15 is 0 Å². The van der Waals surface area contributed by atoms with Crippen LogP contribution in [0.5, 0.6) is 0 Å². The van der Waals surface area contributed by atoms with Crippen molar-refractivity contribution < 1.29 is 20.1 Å². The van der Waals surface area contributed by atoms with Gasteiger partial charge in [-0.3, -0.25) is 0 Å². The Labute approximate surface area is 145 Å². The maximum atomic E-state index is 2.20. The predicted octanol–water partition coefficient (Wildman–Crippen LogP) is 5.89. The molecule has 0 N–H and O–H groups in total. The summed E-state index contributed by atoms with van der Waals surface area (Å²) in [7, 11) is 0. The van der Waals surface area contributed by atoms with Crippen molar-refractivity contribution in [2.24, 2.45) is 0 Å². The van der Waals surface area contributed by atoms with Gasteiger partial charge in [0.1, 0.15) is 0 Å². The first-order valence-electron chi connectivity index (χ1n) is 7.50. The third-order valence-electron chi connectivity index (χ3n) is 5.62. The van der Waals surface area contributed by atoms with Crippen LogP contribution in [-0.2, 0) is 20.1 Å². The molecule has 0 heterocycles. The van der Waals surface area contributed by atoms with Crippen molar-refractivity contribution >= 4 is 0 Å². The number of hydrogen-bond acceptors (Lipinski definition) is 0. The molecule has 0 radical (unpaired) electrons. The van der Waals surface area contributed by atoms with E-state index < -0.39 is 0 Å². The Morgan fingerprint density at radius 3 is 0.619 bits per heavy atom. The number of hydrogen-bond donors (Lipinski definition) is 0. The van der Waals surface area contributed by atoms with E-state index in [-0.39, 0.29) is 20.1 Å².